The van der Waals surface area contributed by atoms with Crippen molar-refractivity contribution in [2.24, 2.45) is 23.7 Å². The molecule has 132 valence electrons. The maximum atomic E-state index is 10.1. The van der Waals surface area contributed by atoms with Crippen LogP contribution in [0.25, 0.3) is 0 Å². The molecule has 0 saturated heterocycles. The molecule has 0 radical (unpaired) electrons. The van der Waals surface area contributed by atoms with E-state index in [-0.39, 0.29) is 0 Å². The molecule has 0 aliphatic carbocycles. The van der Waals surface area contributed by atoms with Crippen LogP contribution in [0.2, 0.25) is 0 Å². The Bertz CT molecular complexity index is 220. The summed E-state index contributed by atoms with van der Waals surface area (Å²) >= 11 is 0. The Labute approximate surface area is 139 Å². The molecule has 0 heterocycles. The molecule has 2 nitrogen and oxygen atoms in total. The van der Waals surface area contributed by atoms with Gasteiger partial charge in [0, 0.05) is 12.8 Å². The van der Waals surface area contributed by atoms with E-state index in [2.05, 4.69) is 41.5 Å². The van der Waals surface area contributed by atoms with Gasteiger partial charge in [-0.05, 0) is 23.7 Å². The SMILES string of the molecule is CC(C)CCCC(C)CC=O.CC(C)CCCC(C)CC=O. The van der Waals surface area contributed by atoms with Gasteiger partial charge in [-0.15, -0.1) is 0 Å². The topological polar surface area (TPSA) is 34.1 Å². The Morgan fingerprint density at radius 1 is 0.591 bits per heavy atom. The molecule has 0 fully saturated rings. The molecule has 0 amide bonds. The lowest BCUT2D eigenvalue weighted by Gasteiger charge is -2.08. The van der Waals surface area contributed by atoms with E-state index < -0.39 is 0 Å². The van der Waals surface area contributed by atoms with Gasteiger partial charge in [0.05, 0.1) is 0 Å². The fraction of sp³-hybridized carbons (Fsp3) is 0.900. The first kappa shape index (κ1) is 23.6. The molecule has 0 bridgehead atoms. The van der Waals surface area contributed by atoms with Gasteiger partial charge in [0.2, 0.25) is 0 Å². The summed E-state index contributed by atoms with van der Waals surface area (Å²) in [6, 6.07) is 0. The van der Waals surface area contributed by atoms with E-state index in [1.165, 1.54) is 38.5 Å². The van der Waals surface area contributed by atoms with E-state index in [0.29, 0.717) is 11.8 Å². The monoisotopic (exact) mass is 312 g/mol. The average molecular weight is 313 g/mol. The van der Waals surface area contributed by atoms with Crippen LogP contribution in [0.4, 0.5) is 0 Å². The summed E-state index contributed by atoms with van der Waals surface area (Å²) in [5.74, 6) is 2.79. The van der Waals surface area contributed by atoms with Crippen LogP contribution in [0, 0.1) is 23.7 Å². The molecule has 0 aliphatic rings. The van der Waals surface area contributed by atoms with Crippen LogP contribution in [0.15, 0.2) is 0 Å². The minimum absolute atomic E-state index is 0.589. The number of aldehydes is 2. The van der Waals surface area contributed by atoms with Crippen LogP contribution in [-0.4, -0.2) is 12.6 Å². The number of hydrogen-bond acceptors (Lipinski definition) is 2. The van der Waals surface area contributed by atoms with Crippen molar-refractivity contribution in [1.29, 1.82) is 0 Å². The molecule has 0 aromatic heterocycles. The van der Waals surface area contributed by atoms with Crippen molar-refractivity contribution in [3.05, 3.63) is 0 Å². The van der Waals surface area contributed by atoms with Crippen molar-refractivity contribution in [2.75, 3.05) is 0 Å². The Morgan fingerprint density at radius 2 is 0.909 bits per heavy atom. The highest BCUT2D eigenvalue weighted by molar-refractivity contribution is 5.49. The first-order chi connectivity index (χ1) is 10.3. The summed E-state index contributed by atoms with van der Waals surface area (Å²) in [4.78, 5) is 20.2. The van der Waals surface area contributed by atoms with Crippen molar-refractivity contribution in [3.8, 4) is 0 Å². The van der Waals surface area contributed by atoms with Gasteiger partial charge in [0.15, 0.2) is 0 Å². The van der Waals surface area contributed by atoms with Gasteiger partial charge in [-0.2, -0.15) is 0 Å². The predicted octanol–water partition coefficient (Wildman–Crippen LogP) is 6.08. The molecule has 0 aromatic rings. The standard InChI is InChI=1S/2C10H20O/c2*1-9(2)5-4-6-10(3)7-8-11/h2*8-10H,4-7H2,1-3H3. The Hall–Kier alpha value is -0.660. The highest BCUT2D eigenvalue weighted by Crippen LogP contribution is 2.14. The molecular weight excluding hydrogens is 272 g/mol. The quantitative estimate of drug-likeness (QED) is 0.409. The summed E-state index contributed by atoms with van der Waals surface area (Å²) in [6.45, 7) is 13.3. The van der Waals surface area contributed by atoms with Crippen LogP contribution < -0.4 is 0 Å². The first-order valence-electron chi connectivity index (χ1n) is 9.20. The van der Waals surface area contributed by atoms with Crippen LogP contribution in [0.1, 0.15) is 92.9 Å². The van der Waals surface area contributed by atoms with E-state index in [0.717, 1.165) is 37.2 Å². The van der Waals surface area contributed by atoms with Crippen molar-refractivity contribution < 1.29 is 9.59 Å². The van der Waals surface area contributed by atoms with Crippen molar-refractivity contribution in [3.63, 3.8) is 0 Å². The maximum Gasteiger partial charge on any atom is 0.120 e. The normalized spacial score (nSPS) is 13.5. The molecule has 0 rings (SSSR count). The zero-order valence-corrected chi connectivity index (χ0v) is 15.9. The smallest absolute Gasteiger partial charge is 0.120 e. The Kier molecular flexibility index (Phi) is 17.9. The number of hydrogen-bond donors (Lipinski definition) is 0. The zero-order valence-electron chi connectivity index (χ0n) is 15.9. The van der Waals surface area contributed by atoms with Gasteiger partial charge in [-0.1, -0.05) is 80.1 Å². The van der Waals surface area contributed by atoms with Gasteiger partial charge in [0.1, 0.15) is 12.6 Å². The van der Waals surface area contributed by atoms with E-state index in [4.69, 9.17) is 0 Å². The zero-order chi connectivity index (χ0) is 17.4. The second kappa shape index (κ2) is 16.7. The summed E-state index contributed by atoms with van der Waals surface area (Å²) in [6.07, 6.45) is 11.1. The van der Waals surface area contributed by atoms with Crippen LogP contribution in [0.5, 0.6) is 0 Å². The molecule has 22 heavy (non-hydrogen) atoms. The third-order valence-electron chi connectivity index (χ3n) is 3.95. The Balaban J connectivity index is 0. The van der Waals surface area contributed by atoms with Crippen LogP contribution in [0.3, 0.4) is 0 Å². The highest BCUT2D eigenvalue weighted by Gasteiger charge is 2.02. The number of rotatable bonds is 12. The molecule has 2 heteroatoms. The molecular formula is C20H40O2. The minimum atomic E-state index is 0.589. The minimum Gasteiger partial charge on any atom is -0.303 e. The first-order valence-corrected chi connectivity index (χ1v) is 9.20. The summed E-state index contributed by atoms with van der Waals surface area (Å²) < 4.78 is 0. The van der Waals surface area contributed by atoms with Crippen molar-refractivity contribution in [1.82, 2.24) is 0 Å². The van der Waals surface area contributed by atoms with Crippen molar-refractivity contribution >= 4 is 12.6 Å². The fourth-order valence-corrected chi connectivity index (χ4v) is 2.31. The van der Waals surface area contributed by atoms with E-state index in [1.807, 2.05) is 0 Å². The number of carbonyl (C=O) groups excluding carboxylic acids is 2. The Morgan fingerprint density at radius 3 is 1.14 bits per heavy atom. The lowest BCUT2D eigenvalue weighted by molar-refractivity contribution is -0.109. The van der Waals surface area contributed by atoms with Crippen molar-refractivity contribution in [2.45, 2.75) is 92.9 Å². The third-order valence-corrected chi connectivity index (χ3v) is 3.95. The summed E-state index contributed by atoms with van der Waals surface area (Å²) in [5, 5.41) is 0. The second-order valence-electron chi connectivity index (χ2n) is 7.66. The summed E-state index contributed by atoms with van der Waals surface area (Å²) in [5.41, 5.74) is 0. The van der Waals surface area contributed by atoms with Crippen LogP contribution >= 0.6 is 0 Å². The lowest BCUT2D eigenvalue weighted by atomic mass is 9.98. The second-order valence-corrected chi connectivity index (χ2v) is 7.66. The van der Waals surface area contributed by atoms with Gasteiger partial charge in [-0.25, -0.2) is 0 Å². The predicted molar refractivity (Wildman–Crippen MR) is 97.1 cm³/mol. The molecule has 0 saturated carbocycles. The van der Waals surface area contributed by atoms with Crippen LogP contribution in [-0.2, 0) is 9.59 Å². The maximum absolute atomic E-state index is 10.1. The van der Waals surface area contributed by atoms with Gasteiger partial charge in [-0.3, -0.25) is 0 Å². The van der Waals surface area contributed by atoms with Gasteiger partial charge >= 0.3 is 0 Å². The van der Waals surface area contributed by atoms with E-state index in [1.54, 1.807) is 0 Å². The van der Waals surface area contributed by atoms with E-state index >= 15 is 0 Å². The highest BCUT2D eigenvalue weighted by atomic mass is 16.1. The number of carbonyl (C=O) groups is 2. The fourth-order valence-electron chi connectivity index (χ4n) is 2.31. The third kappa shape index (κ3) is 21.6. The largest absolute Gasteiger partial charge is 0.303 e. The molecule has 0 N–H and O–H groups in total. The molecule has 2 atom stereocenters. The summed E-state index contributed by atoms with van der Waals surface area (Å²) in [7, 11) is 0. The van der Waals surface area contributed by atoms with Gasteiger partial charge < -0.3 is 9.59 Å². The van der Waals surface area contributed by atoms with E-state index in [9.17, 15) is 9.59 Å². The molecule has 0 aromatic carbocycles. The average Bonchev–Trinajstić information content (AvgIpc) is 2.39. The molecule has 0 aliphatic heterocycles. The molecule has 2 unspecified atom stereocenters. The lowest BCUT2D eigenvalue weighted by Crippen LogP contribution is -1.96. The molecule has 0 spiro atoms. The van der Waals surface area contributed by atoms with Gasteiger partial charge in [0.25, 0.3) is 0 Å².